The Hall–Kier alpha value is -1.06. The molecule has 0 spiro atoms. The van der Waals surface area contributed by atoms with E-state index in [2.05, 4.69) is 31.3 Å². The molecule has 1 aromatic rings. The molecule has 0 saturated heterocycles. The summed E-state index contributed by atoms with van der Waals surface area (Å²) in [4.78, 5) is 0. The summed E-state index contributed by atoms with van der Waals surface area (Å²) >= 11 is 0. The summed E-state index contributed by atoms with van der Waals surface area (Å²) in [5, 5.41) is 3.65. The van der Waals surface area contributed by atoms with Crippen LogP contribution in [0.2, 0.25) is 0 Å². The molecule has 0 saturated carbocycles. The van der Waals surface area contributed by atoms with Gasteiger partial charge in [0, 0.05) is 30.2 Å². The summed E-state index contributed by atoms with van der Waals surface area (Å²) in [5.74, 6) is 1.49. The quantitative estimate of drug-likeness (QED) is 0.870. The van der Waals surface area contributed by atoms with Gasteiger partial charge in [-0.15, -0.1) is 0 Å². The lowest BCUT2D eigenvalue weighted by Crippen LogP contribution is -2.40. The van der Waals surface area contributed by atoms with E-state index in [0.717, 1.165) is 25.6 Å². The van der Waals surface area contributed by atoms with Crippen molar-refractivity contribution in [2.45, 2.75) is 32.9 Å². The predicted octanol–water partition coefficient (Wildman–Crippen LogP) is 2.77. The first-order valence-corrected chi connectivity index (χ1v) is 6.78. The van der Waals surface area contributed by atoms with Gasteiger partial charge in [0.25, 0.3) is 0 Å². The van der Waals surface area contributed by atoms with E-state index in [4.69, 9.17) is 9.47 Å². The number of rotatable bonds is 5. The molecule has 3 heteroatoms. The fourth-order valence-electron chi connectivity index (χ4n) is 2.40. The standard InChI is InChI=1S/C15H23NO2/c1-4-17-10-12(3)16-15-11(2)9-18-14-8-6-5-7-13(14)15/h5-8,11-12,15-16H,4,9-10H2,1-3H3. The Balaban J connectivity index is 2.07. The zero-order valence-corrected chi connectivity index (χ0v) is 11.5. The van der Waals surface area contributed by atoms with E-state index in [1.54, 1.807) is 0 Å². The van der Waals surface area contributed by atoms with Crippen molar-refractivity contribution >= 4 is 0 Å². The predicted molar refractivity (Wildman–Crippen MR) is 72.9 cm³/mol. The highest BCUT2D eigenvalue weighted by Crippen LogP contribution is 2.35. The van der Waals surface area contributed by atoms with Gasteiger partial charge in [0.1, 0.15) is 5.75 Å². The first kappa shape index (κ1) is 13.4. The Bertz CT molecular complexity index is 381. The van der Waals surface area contributed by atoms with Gasteiger partial charge in [-0.25, -0.2) is 0 Å². The molecule has 1 aliphatic rings. The van der Waals surface area contributed by atoms with Gasteiger partial charge in [-0.3, -0.25) is 0 Å². The van der Waals surface area contributed by atoms with Crippen LogP contribution in [0, 0.1) is 5.92 Å². The van der Waals surface area contributed by atoms with Crippen LogP contribution in [-0.4, -0.2) is 25.9 Å². The average Bonchev–Trinajstić information content (AvgIpc) is 2.40. The third kappa shape index (κ3) is 3.03. The maximum absolute atomic E-state index is 5.76. The monoisotopic (exact) mass is 249 g/mol. The lowest BCUT2D eigenvalue weighted by molar-refractivity contribution is 0.111. The van der Waals surface area contributed by atoms with Crippen LogP contribution in [0.1, 0.15) is 32.4 Å². The van der Waals surface area contributed by atoms with Gasteiger partial charge in [0.05, 0.1) is 13.2 Å². The number of fused-ring (bicyclic) bond motifs is 1. The summed E-state index contributed by atoms with van der Waals surface area (Å²) in [6.07, 6.45) is 0. The normalized spacial score (nSPS) is 24.2. The summed E-state index contributed by atoms with van der Waals surface area (Å²) in [6, 6.07) is 8.99. The molecule has 0 amide bonds. The minimum absolute atomic E-state index is 0.351. The Kier molecular flexibility index (Phi) is 4.61. The van der Waals surface area contributed by atoms with E-state index >= 15 is 0 Å². The van der Waals surface area contributed by atoms with E-state index in [1.165, 1.54) is 5.56 Å². The van der Waals surface area contributed by atoms with Gasteiger partial charge in [0.15, 0.2) is 0 Å². The number of hydrogen-bond acceptors (Lipinski definition) is 3. The van der Waals surface area contributed by atoms with Gasteiger partial charge < -0.3 is 14.8 Å². The average molecular weight is 249 g/mol. The first-order chi connectivity index (χ1) is 8.72. The van der Waals surface area contributed by atoms with Crippen molar-refractivity contribution in [1.82, 2.24) is 5.32 Å². The molecule has 1 aliphatic heterocycles. The molecular formula is C15H23NO2. The summed E-state index contributed by atoms with van der Waals surface area (Å²) in [5.41, 5.74) is 1.26. The first-order valence-electron chi connectivity index (χ1n) is 6.78. The van der Waals surface area contributed by atoms with E-state index < -0.39 is 0 Å². The molecule has 3 nitrogen and oxygen atoms in total. The Labute approximate surface area is 109 Å². The zero-order valence-electron chi connectivity index (χ0n) is 11.5. The molecule has 0 aliphatic carbocycles. The molecule has 0 radical (unpaired) electrons. The van der Waals surface area contributed by atoms with Gasteiger partial charge in [-0.1, -0.05) is 25.1 Å². The van der Waals surface area contributed by atoms with Gasteiger partial charge in [-0.05, 0) is 19.9 Å². The van der Waals surface area contributed by atoms with Crippen molar-refractivity contribution in [3.63, 3.8) is 0 Å². The Morgan fingerprint density at radius 2 is 2.22 bits per heavy atom. The van der Waals surface area contributed by atoms with Crippen LogP contribution in [0.25, 0.3) is 0 Å². The second kappa shape index (κ2) is 6.21. The Morgan fingerprint density at radius 1 is 1.44 bits per heavy atom. The van der Waals surface area contributed by atoms with E-state index in [1.807, 2.05) is 19.1 Å². The number of ether oxygens (including phenoxy) is 2. The molecule has 0 fully saturated rings. The van der Waals surface area contributed by atoms with Crippen LogP contribution in [-0.2, 0) is 4.74 Å². The second-order valence-corrected chi connectivity index (χ2v) is 5.03. The molecule has 100 valence electrons. The fraction of sp³-hybridized carbons (Fsp3) is 0.600. The number of hydrogen-bond donors (Lipinski definition) is 1. The molecule has 0 bridgehead atoms. The summed E-state index contributed by atoms with van der Waals surface area (Å²) < 4.78 is 11.2. The number of para-hydroxylation sites is 1. The number of benzene rings is 1. The number of nitrogens with one attached hydrogen (secondary N) is 1. The third-order valence-electron chi connectivity index (χ3n) is 3.36. The molecule has 3 atom stereocenters. The summed E-state index contributed by atoms with van der Waals surface area (Å²) in [7, 11) is 0. The molecule has 1 aromatic carbocycles. The Morgan fingerprint density at radius 3 is 3.00 bits per heavy atom. The van der Waals surface area contributed by atoms with Gasteiger partial charge in [-0.2, -0.15) is 0 Å². The van der Waals surface area contributed by atoms with E-state index in [-0.39, 0.29) is 0 Å². The highest BCUT2D eigenvalue weighted by atomic mass is 16.5. The summed E-state index contributed by atoms with van der Waals surface area (Å²) in [6.45, 7) is 8.71. The van der Waals surface area contributed by atoms with Crippen LogP contribution in [0.4, 0.5) is 0 Å². The van der Waals surface area contributed by atoms with Crippen molar-refractivity contribution in [1.29, 1.82) is 0 Å². The molecule has 18 heavy (non-hydrogen) atoms. The van der Waals surface area contributed by atoms with Crippen molar-refractivity contribution in [2.24, 2.45) is 5.92 Å². The zero-order chi connectivity index (χ0) is 13.0. The lowest BCUT2D eigenvalue weighted by atomic mass is 9.91. The van der Waals surface area contributed by atoms with Crippen molar-refractivity contribution in [3.8, 4) is 5.75 Å². The molecular weight excluding hydrogens is 226 g/mol. The molecule has 0 aromatic heterocycles. The largest absolute Gasteiger partial charge is 0.493 e. The van der Waals surface area contributed by atoms with Crippen LogP contribution in [0.3, 0.4) is 0 Å². The van der Waals surface area contributed by atoms with Crippen LogP contribution in [0.5, 0.6) is 5.75 Å². The van der Waals surface area contributed by atoms with Crippen LogP contribution in [0.15, 0.2) is 24.3 Å². The van der Waals surface area contributed by atoms with Gasteiger partial charge in [0.2, 0.25) is 0 Å². The van der Waals surface area contributed by atoms with Crippen molar-refractivity contribution in [2.75, 3.05) is 19.8 Å². The minimum Gasteiger partial charge on any atom is -0.493 e. The second-order valence-electron chi connectivity index (χ2n) is 5.03. The third-order valence-corrected chi connectivity index (χ3v) is 3.36. The maximum Gasteiger partial charge on any atom is 0.124 e. The highest BCUT2D eigenvalue weighted by Gasteiger charge is 2.28. The molecule has 1 N–H and O–H groups in total. The maximum atomic E-state index is 5.76. The van der Waals surface area contributed by atoms with Crippen LogP contribution >= 0.6 is 0 Å². The van der Waals surface area contributed by atoms with Gasteiger partial charge >= 0.3 is 0 Å². The topological polar surface area (TPSA) is 30.5 Å². The SMILES string of the molecule is CCOCC(C)NC1c2ccccc2OCC1C. The lowest BCUT2D eigenvalue weighted by Gasteiger charge is -2.34. The van der Waals surface area contributed by atoms with Crippen molar-refractivity contribution in [3.05, 3.63) is 29.8 Å². The van der Waals surface area contributed by atoms with E-state index in [9.17, 15) is 0 Å². The van der Waals surface area contributed by atoms with Crippen molar-refractivity contribution < 1.29 is 9.47 Å². The molecule has 3 unspecified atom stereocenters. The van der Waals surface area contributed by atoms with E-state index in [0.29, 0.717) is 18.0 Å². The minimum atomic E-state index is 0.351. The fourth-order valence-corrected chi connectivity index (χ4v) is 2.40. The molecule has 2 rings (SSSR count). The molecule has 1 heterocycles. The van der Waals surface area contributed by atoms with Crippen LogP contribution < -0.4 is 10.1 Å². The smallest absolute Gasteiger partial charge is 0.124 e. The highest BCUT2D eigenvalue weighted by molar-refractivity contribution is 5.38.